The van der Waals surface area contributed by atoms with E-state index in [0.717, 1.165) is 0 Å². The van der Waals surface area contributed by atoms with Gasteiger partial charge in [0.2, 0.25) is 0 Å². The maximum atomic E-state index is 5.88. The SMILES string of the molecule is CCCC1CCCC(CC)O1. The van der Waals surface area contributed by atoms with Crippen LogP contribution in [0.5, 0.6) is 0 Å². The molecule has 0 aliphatic carbocycles. The molecule has 0 amide bonds. The molecule has 0 saturated carbocycles. The van der Waals surface area contributed by atoms with Gasteiger partial charge in [0.05, 0.1) is 12.2 Å². The van der Waals surface area contributed by atoms with E-state index in [9.17, 15) is 0 Å². The molecule has 1 aliphatic rings. The molecule has 1 heterocycles. The van der Waals surface area contributed by atoms with Crippen molar-refractivity contribution in [3.05, 3.63) is 0 Å². The minimum atomic E-state index is 0.570. The van der Waals surface area contributed by atoms with Gasteiger partial charge in [-0.25, -0.2) is 0 Å². The first-order chi connectivity index (χ1) is 5.36. The molecule has 2 unspecified atom stereocenters. The van der Waals surface area contributed by atoms with Crippen molar-refractivity contribution in [2.45, 2.75) is 64.6 Å². The van der Waals surface area contributed by atoms with Gasteiger partial charge in [0.1, 0.15) is 0 Å². The van der Waals surface area contributed by atoms with Crippen LogP contribution in [0.25, 0.3) is 0 Å². The topological polar surface area (TPSA) is 9.23 Å². The van der Waals surface area contributed by atoms with E-state index in [1.54, 1.807) is 0 Å². The Balaban J connectivity index is 2.21. The zero-order valence-corrected chi connectivity index (χ0v) is 7.81. The lowest BCUT2D eigenvalue weighted by Crippen LogP contribution is -2.26. The Kier molecular flexibility index (Phi) is 3.92. The summed E-state index contributed by atoms with van der Waals surface area (Å²) in [5, 5.41) is 0. The molecule has 0 bridgehead atoms. The minimum absolute atomic E-state index is 0.570. The summed E-state index contributed by atoms with van der Waals surface area (Å²) < 4.78 is 5.88. The standard InChI is InChI=1S/C10H20O/c1-3-6-10-8-5-7-9(4-2)11-10/h9-10H,3-8H2,1-2H3. The quantitative estimate of drug-likeness (QED) is 0.610. The number of rotatable bonds is 3. The molecule has 1 nitrogen and oxygen atoms in total. The first kappa shape index (κ1) is 9.05. The van der Waals surface area contributed by atoms with E-state index < -0.39 is 0 Å². The Hall–Kier alpha value is -0.0400. The van der Waals surface area contributed by atoms with Crippen LogP contribution < -0.4 is 0 Å². The Bertz CT molecular complexity index is 99.0. The predicted molar refractivity (Wildman–Crippen MR) is 47.7 cm³/mol. The van der Waals surface area contributed by atoms with E-state index in [4.69, 9.17) is 4.74 Å². The lowest BCUT2D eigenvalue weighted by molar-refractivity contribution is -0.0541. The van der Waals surface area contributed by atoms with Gasteiger partial charge < -0.3 is 4.74 Å². The average molecular weight is 156 g/mol. The first-order valence-electron chi connectivity index (χ1n) is 5.02. The summed E-state index contributed by atoms with van der Waals surface area (Å²) >= 11 is 0. The molecule has 0 aromatic carbocycles. The van der Waals surface area contributed by atoms with Crippen molar-refractivity contribution >= 4 is 0 Å². The second-order valence-corrected chi connectivity index (χ2v) is 3.51. The molecule has 11 heavy (non-hydrogen) atoms. The highest BCUT2D eigenvalue weighted by atomic mass is 16.5. The summed E-state index contributed by atoms with van der Waals surface area (Å²) in [5.74, 6) is 0. The van der Waals surface area contributed by atoms with Crippen LogP contribution in [0.4, 0.5) is 0 Å². The Morgan fingerprint density at radius 1 is 1.18 bits per heavy atom. The molecule has 1 heteroatoms. The van der Waals surface area contributed by atoms with Gasteiger partial charge in [-0.3, -0.25) is 0 Å². The number of hydrogen-bond donors (Lipinski definition) is 0. The van der Waals surface area contributed by atoms with Crippen LogP contribution in [0.2, 0.25) is 0 Å². The van der Waals surface area contributed by atoms with E-state index in [0.29, 0.717) is 12.2 Å². The van der Waals surface area contributed by atoms with E-state index >= 15 is 0 Å². The van der Waals surface area contributed by atoms with Gasteiger partial charge in [0.15, 0.2) is 0 Å². The third kappa shape index (κ3) is 2.82. The first-order valence-corrected chi connectivity index (χ1v) is 5.02. The highest BCUT2D eigenvalue weighted by Crippen LogP contribution is 2.23. The Morgan fingerprint density at radius 2 is 1.91 bits per heavy atom. The van der Waals surface area contributed by atoms with E-state index in [2.05, 4.69) is 13.8 Å². The molecule has 0 aromatic rings. The third-order valence-electron chi connectivity index (χ3n) is 2.50. The van der Waals surface area contributed by atoms with Crippen molar-refractivity contribution in [1.29, 1.82) is 0 Å². The van der Waals surface area contributed by atoms with Crippen LogP contribution in [0.1, 0.15) is 52.4 Å². The van der Waals surface area contributed by atoms with Crippen molar-refractivity contribution < 1.29 is 4.74 Å². The van der Waals surface area contributed by atoms with Crippen LogP contribution in [-0.4, -0.2) is 12.2 Å². The van der Waals surface area contributed by atoms with Crippen molar-refractivity contribution in [3.63, 3.8) is 0 Å². The molecular formula is C10H20O. The molecule has 66 valence electrons. The predicted octanol–water partition coefficient (Wildman–Crippen LogP) is 3.13. The Labute approximate surface area is 70.1 Å². The smallest absolute Gasteiger partial charge is 0.0578 e. The summed E-state index contributed by atoms with van der Waals surface area (Å²) in [5.41, 5.74) is 0. The fourth-order valence-electron chi connectivity index (χ4n) is 1.82. The van der Waals surface area contributed by atoms with Crippen LogP contribution in [0.15, 0.2) is 0 Å². The lowest BCUT2D eigenvalue weighted by atomic mass is 10.00. The number of ether oxygens (including phenoxy) is 1. The highest BCUT2D eigenvalue weighted by molar-refractivity contribution is 4.69. The molecule has 0 N–H and O–H groups in total. The van der Waals surface area contributed by atoms with Crippen LogP contribution >= 0.6 is 0 Å². The monoisotopic (exact) mass is 156 g/mol. The summed E-state index contributed by atoms with van der Waals surface area (Å²) in [4.78, 5) is 0. The summed E-state index contributed by atoms with van der Waals surface area (Å²) in [6.45, 7) is 4.46. The van der Waals surface area contributed by atoms with Crippen molar-refractivity contribution in [2.24, 2.45) is 0 Å². The van der Waals surface area contributed by atoms with Gasteiger partial charge in [-0.2, -0.15) is 0 Å². The zero-order valence-electron chi connectivity index (χ0n) is 7.81. The van der Waals surface area contributed by atoms with E-state index in [1.165, 1.54) is 38.5 Å². The van der Waals surface area contributed by atoms with Crippen molar-refractivity contribution in [1.82, 2.24) is 0 Å². The van der Waals surface area contributed by atoms with Gasteiger partial charge in [0, 0.05) is 0 Å². The van der Waals surface area contributed by atoms with E-state index in [-0.39, 0.29) is 0 Å². The highest BCUT2D eigenvalue weighted by Gasteiger charge is 2.19. The van der Waals surface area contributed by atoms with Crippen LogP contribution in [-0.2, 0) is 4.74 Å². The van der Waals surface area contributed by atoms with Crippen LogP contribution in [0, 0.1) is 0 Å². The molecule has 1 fully saturated rings. The molecule has 1 rings (SSSR count). The van der Waals surface area contributed by atoms with Crippen molar-refractivity contribution in [3.8, 4) is 0 Å². The van der Waals surface area contributed by atoms with Gasteiger partial charge in [-0.1, -0.05) is 20.3 Å². The van der Waals surface area contributed by atoms with Gasteiger partial charge in [0.25, 0.3) is 0 Å². The largest absolute Gasteiger partial charge is 0.375 e. The summed E-state index contributed by atoms with van der Waals surface area (Å²) in [6, 6.07) is 0. The normalized spacial score (nSPS) is 32.2. The maximum absolute atomic E-state index is 5.88. The second-order valence-electron chi connectivity index (χ2n) is 3.51. The molecule has 2 atom stereocenters. The van der Waals surface area contributed by atoms with Gasteiger partial charge >= 0.3 is 0 Å². The summed E-state index contributed by atoms with van der Waals surface area (Å²) in [6.07, 6.45) is 8.83. The molecular weight excluding hydrogens is 136 g/mol. The maximum Gasteiger partial charge on any atom is 0.0578 e. The fraction of sp³-hybridized carbons (Fsp3) is 1.00. The minimum Gasteiger partial charge on any atom is -0.375 e. The number of hydrogen-bond acceptors (Lipinski definition) is 1. The molecule has 0 aromatic heterocycles. The van der Waals surface area contributed by atoms with E-state index in [1.807, 2.05) is 0 Å². The molecule has 0 radical (unpaired) electrons. The molecule has 0 spiro atoms. The Morgan fingerprint density at radius 3 is 2.55 bits per heavy atom. The lowest BCUT2D eigenvalue weighted by Gasteiger charge is -2.29. The zero-order chi connectivity index (χ0) is 8.10. The average Bonchev–Trinajstić information content (AvgIpc) is 2.06. The summed E-state index contributed by atoms with van der Waals surface area (Å²) in [7, 11) is 0. The molecule has 1 aliphatic heterocycles. The third-order valence-corrected chi connectivity index (χ3v) is 2.50. The second kappa shape index (κ2) is 4.76. The fourth-order valence-corrected chi connectivity index (χ4v) is 1.82. The van der Waals surface area contributed by atoms with Crippen LogP contribution in [0.3, 0.4) is 0 Å². The van der Waals surface area contributed by atoms with Gasteiger partial charge in [-0.05, 0) is 32.1 Å². The molecule has 1 saturated heterocycles. The van der Waals surface area contributed by atoms with Gasteiger partial charge in [-0.15, -0.1) is 0 Å². The van der Waals surface area contributed by atoms with Crippen molar-refractivity contribution in [2.75, 3.05) is 0 Å².